The fourth-order valence-electron chi connectivity index (χ4n) is 2.98. The second kappa shape index (κ2) is 9.38. The smallest absolute Gasteiger partial charge is 0.271 e. The van der Waals surface area contributed by atoms with Crippen molar-refractivity contribution in [1.82, 2.24) is 10.3 Å². The maximum Gasteiger partial charge on any atom is 0.271 e. The van der Waals surface area contributed by atoms with Gasteiger partial charge in [-0.3, -0.25) is 4.79 Å². The number of ether oxygens (including phenoxy) is 1. The highest BCUT2D eigenvalue weighted by atomic mass is 35.5. The molecule has 0 radical (unpaired) electrons. The minimum Gasteiger partial charge on any atom is -0.497 e. The van der Waals surface area contributed by atoms with E-state index in [9.17, 15) is 4.79 Å². The summed E-state index contributed by atoms with van der Waals surface area (Å²) < 4.78 is 5.15. The van der Waals surface area contributed by atoms with E-state index in [1.807, 2.05) is 24.3 Å². The van der Waals surface area contributed by atoms with E-state index in [2.05, 4.69) is 10.3 Å². The molecule has 0 bridgehead atoms. The standard InChI is InChI=1S/C17H21N3O2S.2ClH/c1-22-13-6-4-12(5-7-13)16-19-14(10-23-16)15(21)20-17(11-18)8-2-3-9-17;;/h4-7,10H,2-3,8-9,11,18H2,1H3,(H,20,21);2*1H. The zero-order chi connectivity index (χ0) is 16.3. The number of nitrogens with zero attached hydrogens (tertiary/aromatic N) is 1. The van der Waals surface area contributed by atoms with Crippen LogP contribution < -0.4 is 15.8 Å². The van der Waals surface area contributed by atoms with Gasteiger partial charge in [-0.25, -0.2) is 4.98 Å². The summed E-state index contributed by atoms with van der Waals surface area (Å²) in [6.45, 7) is 0.480. The summed E-state index contributed by atoms with van der Waals surface area (Å²) in [5, 5.41) is 5.73. The van der Waals surface area contributed by atoms with Gasteiger partial charge in [-0.2, -0.15) is 0 Å². The highest BCUT2D eigenvalue weighted by Crippen LogP contribution is 2.30. The number of aromatic nitrogens is 1. The zero-order valence-electron chi connectivity index (χ0n) is 14.0. The van der Waals surface area contributed by atoms with Crippen molar-refractivity contribution in [2.45, 2.75) is 31.2 Å². The molecule has 3 N–H and O–H groups in total. The molecule has 1 amide bonds. The fraction of sp³-hybridized carbons (Fsp3) is 0.412. The molecule has 0 atom stereocenters. The average molecular weight is 404 g/mol. The maximum absolute atomic E-state index is 12.5. The predicted octanol–water partition coefficient (Wildman–Crippen LogP) is 3.66. The molecule has 1 aromatic heterocycles. The lowest BCUT2D eigenvalue weighted by molar-refractivity contribution is 0.0898. The Balaban J connectivity index is 0.00000156. The molecule has 3 rings (SSSR count). The van der Waals surface area contributed by atoms with E-state index in [1.54, 1.807) is 12.5 Å². The molecule has 1 aromatic carbocycles. The Morgan fingerprint density at radius 3 is 2.48 bits per heavy atom. The van der Waals surface area contributed by atoms with Crippen LogP contribution in [-0.4, -0.2) is 30.1 Å². The second-order valence-electron chi connectivity index (χ2n) is 5.91. The van der Waals surface area contributed by atoms with E-state index >= 15 is 0 Å². The lowest BCUT2D eigenvalue weighted by Gasteiger charge is -2.28. The molecule has 1 heterocycles. The SMILES string of the molecule is COc1ccc(-c2nc(C(=O)NC3(CN)CCCC3)cs2)cc1.Cl.Cl. The monoisotopic (exact) mass is 403 g/mol. The Morgan fingerprint density at radius 2 is 1.92 bits per heavy atom. The highest BCUT2D eigenvalue weighted by Gasteiger charge is 2.34. The molecular formula is C17H23Cl2N3O2S. The Bertz CT molecular complexity index is 685. The van der Waals surface area contributed by atoms with Crippen LogP contribution in [0, 0.1) is 0 Å². The molecule has 0 unspecified atom stereocenters. The van der Waals surface area contributed by atoms with E-state index < -0.39 is 0 Å². The van der Waals surface area contributed by atoms with Gasteiger partial charge >= 0.3 is 0 Å². The number of thiazole rings is 1. The second-order valence-corrected chi connectivity index (χ2v) is 6.77. The van der Waals surface area contributed by atoms with Gasteiger partial charge in [0.15, 0.2) is 0 Å². The number of hydrogen-bond donors (Lipinski definition) is 2. The van der Waals surface area contributed by atoms with Gasteiger partial charge in [0, 0.05) is 17.5 Å². The zero-order valence-corrected chi connectivity index (χ0v) is 16.4. The van der Waals surface area contributed by atoms with Crippen LogP contribution in [0.4, 0.5) is 0 Å². The molecule has 1 saturated carbocycles. The number of halogens is 2. The van der Waals surface area contributed by atoms with Crippen molar-refractivity contribution < 1.29 is 9.53 Å². The molecule has 1 aliphatic rings. The normalized spacial score (nSPS) is 15.0. The van der Waals surface area contributed by atoms with E-state index in [4.69, 9.17) is 10.5 Å². The van der Waals surface area contributed by atoms with Crippen LogP contribution in [0.15, 0.2) is 29.6 Å². The van der Waals surface area contributed by atoms with E-state index in [1.165, 1.54) is 11.3 Å². The van der Waals surface area contributed by atoms with Crippen molar-refractivity contribution >= 4 is 42.1 Å². The number of rotatable bonds is 5. The van der Waals surface area contributed by atoms with Gasteiger partial charge < -0.3 is 15.8 Å². The van der Waals surface area contributed by atoms with Crippen molar-refractivity contribution in [2.75, 3.05) is 13.7 Å². The Hall–Kier alpha value is -1.34. The summed E-state index contributed by atoms with van der Waals surface area (Å²) in [6.07, 6.45) is 4.13. The van der Waals surface area contributed by atoms with Crippen LogP contribution >= 0.6 is 36.2 Å². The van der Waals surface area contributed by atoms with Crippen LogP contribution in [0.25, 0.3) is 10.6 Å². The summed E-state index contributed by atoms with van der Waals surface area (Å²) in [5.41, 5.74) is 7.06. The number of carbonyl (C=O) groups excluding carboxylic acids is 1. The average Bonchev–Trinajstić information content (AvgIpc) is 3.25. The topological polar surface area (TPSA) is 77.2 Å². The third-order valence-corrected chi connectivity index (χ3v) is 5.30. The first kappa shape index (κ1) is 21.7. The van der Waals surface area contributed by atoms with E-state index in [-0.39, 0.29) is 36.3 Å². The molecule has 0 saturated heterocycles. The Kier molecular flexibility index (Phi) is 8.15. The molecule has 5 nitrogen and oxygen atoms in total. The minimum atomic E-state index is -0.249. The van der Waals surface area contributed by atoms with E-state index in [0.717, 1.165) is 42.0 Å². The van der Waals surface area contributed by atoms with Crippen LogP contribution in [0.5, 0.6) is 5.75 Å². The summed E-state index contributed by atoms with van der Waals surface area (Å²) >= 11 is 1.46. The van der Waals surface area contributed by atoms with Gasteiger partial charge in [0.1, 0.15) is 16.5 Å². The van der Waals surface area contributed by atoms with Crippen molar-refractivity contribution in [3.63, 3.8) is 0 Å². The van der Waals surface area contributed by atoms with Crippen LogP contribution in [-0.2, 0) is 0 Å². The first-order valence-corrected chi connectivity index (χ1v) is 8.66. The number of hydrogen-bond acceptors (Lipinski definition) is 5. The van der Waals surface area contributed by atoms with Crippen molar-refractivity contribution in [3.05, 3.63) is 35.3 Å². The predicted molar refractivity (Wildman–Crippen MR) is 106 cm³/mol. The summed E-state index contributed by atoms with van der Waals surface area (Å²) in [4.78, 5) is 16.9. The molecule has 1 aliphatic carbocycles. The first-order chi connectivity index (χ1) is 11.2. The number of carbonyl (C=O) groups is 1. The molecule has 2 aromatic rings. The summed E-state index contributed by atoms with van der Waals surface area (Å²) in [5.74, 6) is 0.669. The van der Waals surface area contributed by atoms with Crippen LogP contribution in [0.3, 0.4) is 0 Å². The molecular weight excluding hydrogens is 381 g/mol. The maximum atomic E-state index is 12.5. The number of nitrogens with two attached hydrogens (primary N) is 1. The van der Waals surface area contributed by atoms with Gasteiger partial charge in [0.05, 0.1) is 12.6 Å². The van der Waals surface area contributed by atoms with Crippen molar-refractivity contribution in [3.8, 4) is 16.3 Å². The van der Waals surface area contributed by atoms with E-state index in [0.29, 0.717) is 12.2 Å². The van der Waals surface area contributed by atoms with Gasteiger partial charge in [-0.1, -0.05) is 12.8 Å². The van der Waals surface area contributed by atoms with Crippen LogP contribution in [0.2, 0.25) is 0 Å². The van der Waals surface area contributed by atoms with Crippen molar-refractivity contribution in [2.24, 2.45) is 5.73 Å². The third kappa shape index (κ3) is 4.85. The summed E-state index contributed by atoms with van der Waals surface area (Å²) in [6, 6.07) is 7.66. The first-order valence-electron chi connectivity index (χ1n) is 7.78. The lowest BCUT2D eigenvalue weighted by atomic mass is 9.98. The van der Waals surface area contributed by atoms with Gasteiger partial charge in [-0.05, 0) is 37.1 Å². The van der Waals surface area contributed by atoms with Crippen molar-refractivity contribution in [1.29, 1.82) is 0 Å². The molecule has 25 heavy (non-hydrogen) atoms. The molecule has 138 valence electrons. The highest BCUT2D eigenvalue weighted by molar-refractivity contribution is 7.13. The van der Waals surface area contributed by atoms with Gasteiger partial charge in [-0.15, -0.1) is 36.2 Å². The van der Waals surface area contributed by atoms with Gasteiger partial charge in [0.25, 0.3) is 5.91 Å². The number of nitrogens with one attached hydrogen (secondary N) is 1. The molecule has 8 heteroatoms. The Labute approximate surface area is 164 Å². The Morgan fingerprint density at radius 1 is 1.28 bits per heavy atom. The third-order valence-electron chi connectivity index (χ3n) is 4.40. The summed E-state index contributed by atoms with van der Waals surface area (Å²) in [7, 11) is 1.64. The molecule has 1 fully saturated rings. The molecule has 0 spiro atoms. The van der Waals surface area contributed by atoms with Gasteiger partial charge in [0.2, 0.25) is 0 Å². The number of benzene rings is 1. The fourth-order valence-corrected chi connectivity index (χ4v) is 3.79. The van der Waals surface area contributed by atoms with Crippen LogP contribution in [0.1, 0.15) is 36.2 Å². The molecule has 0 aliphatic heterocycles. The number of amides is 1. The minimum absolute atomic E-state index is 0. The quantitative estimate of drug-likeness (QED) is 0.797. The number of methoxy groups -OCH3 is 1. The largest absolute Gasteiger partial charge is 0.497 e. The lowest BCUT2D eigenvalue weighted by Crippen LogP contribution is -2.51.